The maximum absolute atomic E-state index is 13.7. The molecular weight excluding hydrogens is 489 g/mol. The average Bonchev–Trinajstić information content (AvgIpc) is 3.21. The molecule has 2 amide bonds. The minimum absolute atomic E-state index is 0.0738. The number of carbonyl (C=O) groups is 2. The highest BCUT2D eigenvalue weighted by atomic mass is 19.4. The quantitative estimate of drug-likeness (QED) is 0.372. The molecule has 0 spiro atoms. The second kappa shape index (κ2) is 10.8. The Hall–Kier alpha value is -3.57. The second-order valence-electron chi connectivity index (χ2n) is 10.4. The molecule has 1 aromatic carbocycles. The molecule has 0 saturated heterocycles. The van der Waals surface area contributed by atoms with Crippen LogP contribution in [0.5, 0.6) is 0 Å². The van der Waals surface area contributed by atoms with Crippen LogP contribution in [-0.2, 0) is 11.0 Å². The third-order valence-electron chi connectivity index (χ3n) is 5.94. The molecule has 3 rings (SSSR count). The summed E-state index contributed by atoms with van der Waals surface area (Å²) in [6, 6.07) is 5.78. The number of alkyl halides is 3. The number of hydrogen-bond acceptors (Lipinski definition) is 6. The van der Waals surface area contributed by atoms with Gasteiger partial charge in [0.25, 0.3) is 0 Å². The Morgan fingerprint density at radius 3 is 2.30 bits per heavy atom. The second-order valence-corrected chi connectivity index (χ2v) is 10.4. The molecule has 2 atom stereocenters. The van der Waals surface area contributed by atoms with Gasteiger partial charge in [0.15, 0.2) is 0 Å². The summed E-state index contributed by atoms with van der Waals surface area (Å²) >= 11 is 0. The van der Waals surface area contributed by atoms with Gasteiger partial charge >= 0.3 is 12.3 Å². The number of amides is 2. The van der Waals surface area contributed by atoms with Gasteiger partial charge in [-0.2, -0.15) is 18.2 Å². The molecule has 1 saturated carbocycles. The molecule has 1 heterocycles. The van der Waals surface area contributed by atoms with Crippen molar-refractivity contribution in [2.24, 2.45) is 5.92 Å². The Morgan fingerprint density at radius 1 is 1.11 bits per heavy atom. The molecule has 202 valence electrons. The Balaban J connectivity index is 1.84. The molecule has 9 nitrogen and oxygen atoms in total. The van der Waals surface area contributed by atoms with Crippen LogP contribution in [0.2, 0.25) is 0 Å². The fourth-order valence-electron chi connectivity index (χ4n) is 4.38. The largest absolute Gasteiger partial charge is 0.465 e. The van der Waals surface area contributed by atoms with E-state index in [1.807, 2.05) is 13.8 Å². The molecule has 1 aliphatic rings. The maximum Gasteiger partial charge on any atom is 0.421 e. The molecule has 0 unspecified atom stereocenters. The zero-order valence-electron chi connectivity index (χ0n) is 21.5. The number of nitrogens with zero attached hydrogens (tertiary/aromatic N) is 3. The molecule has 12 heteroatoms. The number of anilines is 4. The fourth-order valence-corrected chi connectivity index (χ4v) is 4.38. The molecule has 1 fully saturated rings. The average molecular weight is 523 g/mol. The minimum atomic E-state index is -4.69. The number of aromatic nitrogens is 2. The van der Waals surface area contributed by atoms with E-state index in [9.17, 15) is 27.9 Å². The SMILES string of the molecule is CC(C)NC(=O)[C@H]1CCC[C@H]1Nc1nc(Nc2ccc(N(C(=O)O)C(C)(C)C)cc2)ncc1C(F)(F)F. The molecule has 4 N–H and O–H groups in total. The summed E-state index contributed by atoms with van der Waals surface area (Å²) in [5, 5.41) is 18.1. The van der Waals surface area contributed by atoms with Crippen LogP contribution < -0.4 is 20.9 Å². The van der Waals surface area contributed by atoms with Crippen LogP contribution in [0.15, 0.2) is 30.5 Å². The summed E-state index contributed by atoms with van der Waals surface area (Å²) in [5.41, 5.74) is -0.801. The zero-order valence-corrected chi connectivity index (χ0v) is 21.5. The van der Waals surface area contributed by atoms with Crippen molar-refractivity contribution in [3.63, 3.8) is 0 Å². The molecule has 0 radical (unpaired) electrons. The molecule has 0 aliphatic heterocycles. The summed E-state index contributed by atoms with van der Waals surface area (Å²) in [5.74, 6) is -1.14. The highest BCUT2D eigenvalue weighted by Crippen LogP contribution is 2.37. The van der Waals surface area contributed by atoms with E-state index in [0.717, 1.165) is 0 Å². The van der Waals surface area contributed by atoms with E-state index >= 15 is 0 Å². The first-order valence-corrected chi connectivity index (χ1v) is 12.1. The van der Waals surface area contributed by atoms with E-state index in [0.29, 0.717) is 36.8 Å². The molecule has 2 aromatic rings. The van der Waals surface area contributed by atoms with E-state index in [4.69, 9.17) is 0 Å². The van der Waals surface area contributed by atoms with Crippen LogP contribution in [-0.4, -0.2) is 44.7 Å². The number of halogens is 3. The monoisotopic (exact) mass is 522 g/mol. The summed E-state index contributed by atoms with van der Waals surface area (Å²) in [7, 11) is 0. The summed E-state index contributed by atoms with van der Waals surface area (Å²) in [6.07, 6.45) is -3.28. The first-order chi connectivity index (χ1) is 17.2. The maximum atomic E-state index is 13.7. The lowest BCUT2D eigenvalue weighted by Gasteiger charge is -2.33. The number of carboxylic acid groups (broad SMARTS) is 1. The van der Waals surface area contributed by atoms with Crippen LogP contribution in [0.25, 0.3) is 0 Å². The van der Waals surface area contributed by atoms with Gasteiger partial charge in [0.1, 0.15) is 11.4 Å². The first kappa shape index (κ1) is 28.0. The molecule has 1 aliphatic carbocycles. The normalized spacial score (nSPS) is 18.0. The van der Waals surface area contributed by atoms with Crippen molar-refractivity contribution in [3.8, 4) is 0 Å². The fraction of sp³-hybridized carbons (Fsp3) is 0.520. The summed E-state index contributed by atoms with van der Waals surface area (Å²) in [6.45, 7) is 8.94. The number of benzene rings is 1. The summed E-state index contributed by atoms with van der Waals surface area (Å²) in [4.78, 5) is 33.4. The number of hydrogen-bond donors (Lipinski definition) is 4. The van der Waals surface area contributed by atoms with Crippen LogP contribution in [0, 0.1) is 5.92 Å². The van der Waals surface area contributed by atoms with Crippen LogP contribution >= 0.6 is 0 Å². The van der Waals surface area contributed by atoms with E-state index in [-0.39, 0.29) is 17.9 Å². The van der Waals surface area contributed by atoms with Crippen molar-refractivity contribution in [1.29, 1.82) is 0 Å². The van der Waals surface area contributed by atoms with Crippen molar-refractivity contribution in [2.75, 3.05) is 15.5 Å². The Morgan fingerprint density at radius 2 is 1.76 bits per heavy atom. The predicted octanol–water partition coefficient (Wildman–Crippen LogP) is 5.63. The predicted molar refractivity (Wildman–Crippen MR) is 135 cm³/mol. The van der Waals surface area contributed by atoms with Crippen LogP contribution in [0.1, 0.15) is 59.4 Å². The van der Waals surface area contributed by atoms with E-state index in [2.05, 4.69) is 25.9 Å². The highest BCUT2D eigenvalue weighted by molar-refractivity contribution is 5.88. The standard InChI is InChI=1S/C25H33F3N6O3/c1-14(2)30-21(35)17-7-6-8-19(17)32-20-18(25(26,27)28)13-29-22(33-20)31-15-9-11-16(12-10-15)34(23(36)37)24(3,4)5/h9-14,17,19H,6-8H2,1-5H3,(H,30,35)(H,36,37)(H2,29,31,32,33)/t17-,19+/m0/s1. The number of carbonyl (C=O) groups excluding carboxylic acids is 1. The van der Waals surface area contributed by atoms with Crippen molar-refractivity contribution < 1.29 is 27.9 Å². The van der Waals surface area contributed by atoms with E-state index in [1.54, 1.807) is 45.0 Å². The van der Waals surface area contributed by atoms with Gasteiger partial charge in [-0.1, -0.05) is 6.42 Å². The lowest BCUT2D eigenvalue weighted by Crippen LogP contribution is -2.45. The third kappa shape index (κ3) is 7.01. The van der Waals surface area contributed by atoms with Gasteiger partial charge in [-0.05, 0) is 71.7 Å². The van der Waals surface area contributed by atoms with Crippen molar-refractivity contribution in [2.45, 2.75) is 77.7 Å². The number of nitrogens with one attached hydrogen (secondary N) is 3. The third-order valence-corrected chi connectivity index (χ3v) is 5.94. The minimum Gasteiger partial charge on any atom is -0.465 e. The Kier molecular flexibility index (Phi) is 8.19. The van der Waals surface area contributed by atoms with E-state index in [1.165, 1.54) is 4.90 Å². The molecule has 37 heavy (non-hydrogen) atoms. The topological polar surface area (TPSA) is 119 Å². The molecular formula is C25H33F3N6O3. The van der Waals surface area contributed by atoms with Crippen LogP contribution in [0.4, 0.5) is 41.1 Å². The molecule has 0 bridgehead atoms. The van der Waals surface area contributed by atoms with E-state index < -0.39 is 41.1 Å². The Labute approximate surface area is 213 Å². The van der Waals surface area contributed by atoms with Gasteiger partial charge in [0.05, 0.1) is 5.92 Å². The molecule has 1 aromatic heterocycles. The van der Waals surface area contributed by atoms with Gasteiger partial charge in [-0.3, -0.25) is 9.69 Å². The van der Waals surface area contributed by atoms with Gasteiger partial charge < -0.3 is 21.1 Å². The lowest BCUT2D eigenvalue weighted by molar-refractivity contribution is -0.137. The van der Waals surface area contributed by atoms with Gasteiger partial charge in [0, 0.05) is 35.2 Å². The number of rotatable bonds is 7. The van der Waals surface area contributed by atoms with Gasteiger partial charge in [0.2, 0.25) is 11.9 Å². The first-order valence-electron chi connectivity index (χ1n) is 12.1. The van der Waals surface area contributed by atoms with Gasteiger partial charge in [-0.15, -0.1) is 0 Å². The van der Waals surface area contributed by atoms with Crippen molar-refractivity contribution >= 4 is 35.1 Å². The Bertz CT molecular complexity index is 1120. The van der Waals surface area contributed by atoms with Crippen molar-refractivity contribution in [3.05, 3.63) is 36.0 Å². The van der Waals surface area contributed by atoms with Gasteiger partial charge in [-0.25, -0.2) is 9.78 Å². The lowest BCUT2D eigenvalue weighted by atomic mass is 10.0. The van der Waals surface area contributed by atoms with Crippen LogP contribution in [0.3, 0.4) is 0 Å². The summed E-state index contributed by atoms with van der Waals surface area (Å²) < 4.78 is 41.2. The smallest absolute Gasteiger partial charge is 0.421 e. The highest BCUT2D eigenvalue weighted by Gasteiger charge is 2.39. The zero-order chi connectivity index (χ0) is 27.5. The van der Waals surface area contributed by atoms with Crippen molar-refractivity contribution in [1.82, 2.24) is 15.3 Å².